The van der Waals surface area contributed by atoms with Gasteiger partial charge in [-0.05, 0) is 39.3 Å². The maximum atomic E-state index is 13.0. The van der Waals surface area contributed by atoms with Crippen LogP contribution in [0.3, 0.4) is 0 Å². The van der Waals surface area contributed by atoms with E-state index in [1.54, 1.807) is 24.0 Å². The molecule has 0 spiro atoms. The fourth-order valence-corrected chi connectivity index (χ4v) is 4.41. The number of benzene rings is 2. The van der Waals surface area contributed by atoms with Gasteiger partial charge in [0.05, 0.1) is 4.92 Å². The Kier molecular flexibility index (Phi) is 6.58. The fraction of sp³-hybridized carbons (Fsp3) is 0.346. The van der Waals surface area contributed by atoms with Crippen LogP contribution in [0, 0.1) is 30.9 Å². The summed E-state index contributed by atoms with van der Waals surface area (Å²) in [6, 6.07) is 12.8. The molecule has 2 heterocycles. The normalized spacial score (nSPS) is 13.8. The summed E-state index contributed by atoms with van der Waals surface area (Å²) in [5, 5.41) is 11.3. The SMILES string of the molecule is CCc1c(C)nc(-c2cccc(C)c2)nc1N1CCN(C(=O)c2ccc(C)c([N+](=O)[O-])c2)CC1. The standard InChI is InChI=1S/C26H29N5O3/c1-5-22-19(4)27-24(20-8-6-7-17(2)15-20)28-25(22)29-11-13-30(14-12-29)26(32)21-10-9-18(3)23(16-21)31(33)34/h6-10,15-16H,5,11-14H2,1-4H3. The molecule has 0 N–H and O–H groups in total. The molecule has 0 saturated carbocycles. The number of hydrogen-bond donors (Lipinski definition) is 0. The number of aryl methyl sites for hydroxylation is 3. The third-order valence-corrected chi connectivity index (χ3v) is 6.34. The molecule has 34 heavy (non-hydrogen) atoms. The molecule has 1 amide bonds. The summed E-state index contributed by atoms with van der Waals surface area (Å²) in [4.78, 5) is 37.5. The predicted octanol–water partition coefficient (Wildman–Crippen LogP) is 4.50. The van der Waals surface area contributed by atoms with E-state index in [0.29, 0.717) is 43.1 Å². The first kappa shape index (κ1) is 23.4. The van der Waals surface area contributed by atoms with Crippen LogP contribution in [0.25, 0.3) is 11.4 Å². The van der Waals surface area contributed by atoms with Gasteiger partial charge in [-0.15, -0.1) is 0 Å². The molecule has 1 aliphatic heterocycles. The first-order valence-corrected chi connectivity index (χ1v) is 11.5. The van der Waals surface area contributed by atoms with E-state index < -0.39 is 4.92 Å². The number of hydrogen-bond acceptors (Lipinski definition) is 6. The van der Waals surface area contributed by atoms with Crippen LogP contribution in [-0.2, 0) is 6.42 Å². The quantitative estimate of drug-likeness (QED) is 0.412. The van der Waals surface area contributed by atoms with Crippen molar-refractivity contribution in [3.63, 3.8) is 0 Å². The van der Waals surface area contributed by atoms with Crippen molar-refractivity contribution in [1.29, 1.82) is 0 Å². The fourth-order valence-electron chi connectivity index (χ4n) is 4.41. The summed E-state index contributed by atoms with van der Waals surface area (Å²) in [6.45, 7) is 10.2. The molecule has 0 aliphatic carbocycles. The molecule has 1 fully saturated rings. The summed E-state index contributed by atoms with van der Waals surface area (Å²) < 4.78 is 0. The van der Waals surface area contributed by atoms with Crippen molar-refractivity contribution in [2.45, 2.75) is 34.1 Å². The number of rotatable bonds is 5. The molecule has 4 rings (SSSR count). The number of carbonyl (C=O) groups is 1. The minimum atomic E-state index is -0.445. The van der Waals surface area contributed by atoms with Crippen molar-refractivity contribution in [3.8, 4) is 11.4 Å². The van der Waals surface area contributed by atoms with Crippen LogP contribution in [0.5, 0.6) is 0 Å². The van der Waals surface area contributed by atoms with Crippen LogP contribution in [0.15, 0.2) is 42.5 Å². The Hall–Kier alpha value is -3.81. The Morgan fingerprint density at radius 1 is 1.03 bits per heavy atom. The lowest BCUT2D eigenvalue weighted by atomic mass is 10.1. The predicted molar refractivity (Wildman–Crippen MR) is 132 cm³/mol. The number of piperazine rings is 1. The van der Waals surface area contributed by atoms with Gasteiger partial charge in [0.1, 0.15) is 5.82 Å². The minimum absolute atomic E-state index is 0.0304. The van der Waals surface area contributed by atoms with Gasteiger partial charge in [-0.25, -0.2) is 9.97 Å². The number of carbonyl (C=O) groups excluding carboxylic acids is 1. The molecule has 0 unspecified atom stereocenters. The van der Waals surface area contributed by atoms with E-state index in [1.807, 2.05) is 19.1 Å². The van der Waals surface area contributed by atoms with E-state index in [-0.39, 0.29) is 11.6 Å². The molecule has 0 radical (unpaired) electrons. The summed E-state index contributed by atoms with van der Waals surface area (Å²) in [5.41, 5.74) is 5.09. The first-order valence-electron chi connectivity index (χ1n) is 11.5. The van der Waals surface area contributed by atoms with E-state index in [2.05, 4.69) is 30.9 Å². The number of nitro benzene ring substituents is 1. The van der Waals surface area contributed by atoms with Crippen molar-refractivity contribution < 1.29 is 9.72 Å². The lowest BCUT2D eigenvalue weighted by molar-refractivity contribution is -0.385. The van der Waals surface area contributed by atoms with Crippen molar-refractivity contribution in [2.24, 2.45) is 0 Å². The highest BCUT2D eigenvalue weighted by Crippen LogP contribution is 2.27. The van der Waals surface area contributed by atoms with E-state index in [9.17, 15) is 14.9 Å². The molecule has 176 valence electrons. The van der Waals surface area contributed by atoms with Crippen LogP contribution in [0.2, 0.25) is 0 Å². The molecule has 8 nitrogen and oxygen atoms in total. The molecule has 0 atom stereocenters. The average molecular weight is 460 g/mol. The number of nitrogens with zero attached hydrogens (tertiary/aromatic N) is 5. The minimum Gasteiger partial charge on any atom is -0.353 e. The van der Waals surface area contributed by atoms with E-state index >= 15 is 0 Å². The largest absolute Gasteiger partial charge is 0.353 e. The van der Waals surface area contributed by atoms with Crippen molar-refractivity contribution in [2.75, 3.05) is 31.1 Å². The van der Waals surface area contributed by atoms with Crippen LogP contribution >= 0.6 is 0 Å². The van der Waals surface area contributed by atoms with Gasteiger partial charge in [-0.3, -0.25) is 14.9 Å². The maximum Gasteiger partial charge on any atom is 0.273 e. The van der Waals surface area contributed by atoms with Gasteiger partial charge in [0.2, 0.25) is 0 Å². The Labute approximate surface area is 199 Å². The number of anilines is 1. The zero-order chi connectivity index (χ0) is 24.4. The van der Waals surface area contributed by atoms with Crippen LogP contribution in [-0.4, -0.2) is 51.9 Å². The monoisotopic (exact) mass is 459 g/mol. The average Bonchev–Trinajstić information content (AvgIpc) is 2.83. The summed E-state index contributed by atoms with van der Waals surface area (Å²) >= 11 is 0. The van der Waals surface area contributed by atoms with Crippen LogP contribution < -0.4 is 4.90 Å². The third kappa shape index (κ3) is 4.62. The van der Waals surface area contributed by atoms with Gasteiger partial charge in [0.15, 0.2) is 5.82 Å². The highest BCUT2D eigenvalue weighted by molar-refractivity contribution is 5.95. The maximum absolute atomic E-state index is 13.0. The summed E-state index contributed by atoms with van der Waals surface area (Å²) in [5.74, 6) is 1.45. The van der Waals surface area contributed by atoms with Crippen LogP contribution in [0.4, 0.5) is 11.5 Å². The smallest absolute Gasteiger partial charge is 0.273 e. The Bertz CT molecular complexity index is 1250. The zero-order valence-electron chi connectivity index (χ0n) is 20.0. The molecule has 0 bridgehead atoms. The summed E-state index contributed by atoms with van der Waals surface area (Å²) in [7, 11) is 0. The van der Waals surface area contributed by atoms with Gasteiger partial charge in [0, 0.05) is 60.2 Å². The van der Waals surface area contributed by atoms with Crippen molar-refractivity contribution >= 4 is 17.4 Å². The van der Waals surface area contributed by atoms with Gasteiger partial charge >= 0.3 is 0 Å². The lowest BCUT2D eigenvalue weighted by Gasteiger charge is -2.36. The lowest BCUT2D eigenvalue weighted by Crippen LogP contribution is -2.49. The zero-order valence-corrected chi connectivity index (χ0v) is 20.0. The van der Waals surface area contributed by atoms with E-state index in [1.165, 1.54) is 6.07 Å². The Balaban J connectivity index is 1.55. The molecule has 1 aromatic heterocycles. The van der Waals surface area contributed by atoms with Crippen molar-refractivity contribution in [1.82, 2.24) is 14.9 Å². The first-order chi connectivity index (χ1) is 16.3. The molecular weight excluding hydrogens is 430 g/mol. The topological polar surface area (TPSA) is 92.5 Å². The van der Waals surface area contributed by atoms with E-state index in [4.69, 9.17) is 9.97 Å². The van der Waals surface area contributed by atoms with Gasteiger partial charge < -0.3 is 9.80 Å². The molecule has 1 saturated heterocycles. The van der Waals surface area contributed by atoms with E-state index in [0.717, 1.165) is 34.6 Å². The second-order valence-electron chi connectivity index (χ2n) is 8.70. The second kappa shape index (κ2) is 9.59. The molecule has 2 aromatic carbocycles. The number of aromatic nitrogens is 2. The number of amides is 1. The Morgan fingerprint density at radius 2 is 1.76 bits per heavy atom. The van der Waals surface area contributed by atoms with Crippen LogP contribution in [0.1, 0.15) is 39.7 Å². The molecule has 1 aliphatic rings. The molecule has 8 heteroatoms. The van der Waals surface area contributed by atoms with Gasteiger partial charge in [0.25, 0.3) is 11.6 Å². The summed E-state index contributed by atoms with van der Waals surface area (Å²) in [6.07, 6.45) is 0.821. The highest BCUT2D eigenvalue weighted by Gasteiger charge is 2.26. The van der Waals surface area contributed by atoms with Crippen molar-refractivity contribution in [3.05, 3.63) is 80.5 Å². The van der Waals surface area contributed by atoms with Gasteiger partial charge in [-0.1, -0.05) is 36.8 Å². The molecular formula is C26H29N5O3. The third-order valence-electron chi connectivity index (χ3n) is 6.34. The Morgan fingerprint density at radius 3 is 2.41 bits per heavy atom. The second-order valence-corrected chi connectivity index (χ2v) is 8.70. The number of nitro groups is 1. The molecule has 3 aromatic rings. The van der Waals surface area contributed by atoms with Gasteiger partial charge in [-0.2, -0.15) is 0 Å². The highest BCUT2D eigenvalue weighted by atomic mass is 16.6.